The van der Waals surface area contributed by atoms with Crippen molar-refractivity contribution in [2.75, 3.05) is 26.4 Å². The van der Waals surface area contributed by atoms with Gasteiger partial charge in [-0.1, -0.05) is 13.8 Å². The maximum absolute atomic E-state index is 5.84. The van der Waals surface area contributed by atoms with Gasteiger partial charge in [0.05, 0.1) is 19.3 Å². The molecule has 0 amide bonds. The van der Waals surface area contributed by atoms with E-state index in [4.69, 9.17) is 9.47 Å². The van der Waals surface area contributed by atoms with Gasteiger partial charge in [0.2, 0.25) is 0 Å². The average Bonchev–Trinajstić information content (AvgIpc) is 2.27. The van der Waals surface area contributed by atoms with E-state index in [9.17, 15) is 0 Å². The number of hydrogen-bond acceptors (Lipinski definition) is 3. The Kier molecular flexibility index (Phi) is 6.09. The summed E-state index contributed by atoms with van der Waals surface area (Å²) in [5, 5.41) is 3.54. The van der Waals surface area contributed by atoms with Crippen LogP contribution in [0.1, 0.15) is 53.9 Å². The minimum Gasteiger partial charge on any atom is -0.378 e. The predicted molar refractivity (Wildman–Crippen MR) is 75.9 cm³/mol. The second-order valence-corrected chi connectivity index (χ2v) is 7.27. The second-order valence-electron chi connectivity index (χ2n) is 7.27. The Balaban J connectivity index is 2.15. The van der Waals surface area contributed by atoms with E-state index in [1.165, 1.54) is 12.8 Å². The molecule has 0 spiro atoms. The van der Waals surface area contributed by atoms with Gasteiger partial charge in [0, 0.05) is 24.1 Å². The smallest absolute Gasteiger partial charge is 0.0808 e. The molecule has 0 aromatic carbocycles. The molecule has 0 bridgehead atoms. The highest BCUT2D eigenvalue weighted by Gasteiger charge is 2.22. The molecule has 1 rings (SSSR count). The lowest BCUT2D eigenvalue weighted by Crippen LogP contribution is -2.43. The highest BCUT2D eigenvalue weighted by atomic mass is 16.5. The van der Waals surface area contributed by atoms with E-state index < -0.39 is 0 Å². The van der Waals surface area contributed by atoms with E-state index in [0.29, 0.717) is 6.10 Å². The molecule has 1 aliphatic rings. The Morgan fingerprint density at radius 1 is 1.17 bits per heavy atom. The van der Waals surface area contributed by atoms with Crippen molar-refractivity contribution in [1.82, 2.24) is 5.32 Å². The molecule has 1 unspecified atom stereocenters. The lowest BCUT2D eigenvalue weighted by atomic mass is 9.93. The summed E-state index contributed by atoms with van der Waals surface area (Å²) in [6, 6.07) is 0. The molecule has 0 aromatic heterocycles. The van der Waals surface area contributed by atoms with Crippen LogP contribution in [-0.2, 0) is 9.47 Å². The van der Waals surface area contributed by atoms with Gasteiger partial charge in [0.15, 0.2) is 0 Å². The first kappa shape index (κ1) is 15.9. The summed E-state index contributed by atoms with van der Waals surface area (Å²) >= 11 is 0. The average molecular weight is 257 g/mol. The predicted octanol–water partition coefficient (Wildman–Crippen LogP) is 2.99. The number of ether oxygens (including phenoxy) is 2. The van der Waals surface area contributed by atoms with Crippen molar-refractivity contribution >= 4 is 0 Å². The maximum Gasteiger partial charge on any atom is 0.0808 e. The zero-order valence-corrected chi connectivity index (χ0v) is 12.8. The van der Waals surface area contributed by atoms with Crippen LogP contribution >= 0.6 is 0 Å². The molecule has 18 heavy (non-hydrogen) atoms. The molecule has 1 atom stereocenters. The van der Waals surface area contributed by atoms with Crippen LogP contribution in [0.3, 0.4) is 0 Å². The summed E-state index contributed by atoms with van der Waals surface area (Å²) in [6.45, 7) is 14.5. The van der Waals surface area contributed by atoms with Gasteiger partial charge in [0.1, 0.15) is 0 Å². The molecule has 1 N–H and O–H groups in total. The fourth-order valence-electron chi connectivity index (χ4n) is 1.96. The van der Waals surface area contributed by atoms with Gasteiger partial charge in [-0.15, -0.1) is 0 Å². The Labute approximate surface area is 113 Å². The fraction of sp³-hybridized carbons (Fsp3) is 1.00. The molecular formula is C15H31NO2. The number of rotatable bonds is 6. The van der Waals surface area contributed by atoms with Crippen molar-refractivity contribution in [3.63, 3.8) is 0 Å². The summed E-state index contributed by atoms with van der Waals surface area (Å²) in [4.78, 5) is 0. The zero-order chi connectivity index (χ0) is 13.6. The molecule has 1 fully saturated rings. The summed E-state index contributed by atoms with van der Waals surface area (Å²) in [5.41, 5.74) is 0.339. The second kappa shape index (κ2) is 6.88. The van der Waals surface area contributed by atoms with E-state index in [1.54, 1.807) is 0 Å². The molecule has 3 heteroatoms. The van der Waals surface area contributed by atoms with Crippen LogP contribution < -0.4 is 5.32 Å². The first-order chi connectivity index (χ1) is 8.29. The highest BCUT2D eigenvalue weighted by molar-refractivity contribution is 4.78. The minimum absolute atomic E-state index is 0.169. The van der Waals surface area contributed by atoms with Crippen molar-refractivity contribution in [3.8, 4) is 0 Å². The van der Waals surface area contributed by atoms with E-state index >= 15 is 0 Å². The standard InChI is InChI=1S/C15H31NO2/c1-14(2,3)16-11-15(4,5)12-17-10-13-8-6-7-9-18-13/h13,16H,6-12H2,1-5H3. The molecule has 1 saturated heterocycles. The van der Waals surface area contributed by atoms with Gasteiger partial charge in [-0.3, -0.25) is 0 Å². The minimum atomic E-state index is 0.169. The lowest BCUT2D eigenvalue weighted by Gasteiger charge is -2.31. The van der Waals surface area contributed by atoms with Crippen molar-refractivity contribution in [2.45, 2.75) is 65.5 Å². The van der Waals surface area contributed by atoms with E-state index in [2.05, 4.69) is 39.9 Å². The van der Waals surface area contributed by atoms with Gasteiger partial charge in [-0.2, -0.15) is 0 Å². The van der Waals surface area contributed by atoms with Gasteiger partial charge < -0.3 is 14.8 Å². The van der Waals surface area contributed by atoms with Crippen LogP contribution in [0, 0.1) is 5.41 Å². The van der Waals surface area contributed by atoms with Crippen molar-refractivity contribution in [3.05, 3.63) is 0 Å². The van der Waals surface area contributed by atoms with Gasteiger partial charge in [-0.05, 0) is 40.0 Å². The number of nitrogens with one attached hydrogen (secondary N) is 1. The van der Waals surface area contributed by atoms with Gasteiger partial charge in [0.25, 0.3) is 0 Å². The quantitative estimate of drug-likeness (QED) is 0.793. The fourth-order valence-corrected chi connectivity index (χ4v) is 1.96. The molecule has 0 saturated carbocycles. The molecule has 3 nitrogen and oxygen atoms in total. The normalized spacial score (nSPS) is 22.2. The monoisotopic (exact) mass is 257 g/mol. The molecular weight excluding hydrogens is 226 g/mol. The Bertz CT molecular complexity index is 227. The topological polar surface area (TPSA) is 30.5 Å². The Hall–Kier alpha value is -0.120. The summed E-state index contributed by atoms with van der Waals surface area (Å²) in [5.74, 6) is 0. The van der Waals surface area contributed by atoms with E-state index in [0.717, 1.165) is 32.8 Å². The summed E-state index contributed by atoms with van der Waals surface area (Å²) in [6.07, 6.45) is 3.96. The van der Waals surface area contributed by atoms with Crippen LogP contribution in [0.25, 0.3) is 0 Å². The summed E-state index contributed by atoms with van der Waals surface area (Å²) in [7, 11) is 0. The third-order valence-electron chi connectivity index (χ3n) is 3.17. The van der Waals surface area contributed by atoms with Crippen LogP contribution in [0.4, 0.5) is 0 Å². The van der Waals surface area contributed by atoms with Crippen LogP contribution in [0.5, 0.6) is 0 Å². The molecule has 108 valence electrons. The Morgan fingerprint density at radius 3 is 2.44 bits per heavy atom. The van der Waals surface area contributed by atoms with Crippen molar-refractivity contribution in [2.24, 2.45) is 5.41 Å². The zero-order valence-electron chi connectivity index (χ0n) is 12.8. The first-order valence-corrected chi connectivity index (χ1v) is 7.23. The van der Waals surface area contributed by atoms with Crippen LogP contribution in [0.15, 0.2) is 0 Å². The number of hydrogen-bond donors (Lipinski definition) is 1. The molecule has 1 heterocycles. The highest BCUT2D eigenvalue weighted by Crippen LogP contribution is 2.18. The molecule has 1 aliphatic heterocycles. The van der Waals surface area contributed by atoms with Crippen molar-refractivity contribution < 1.29 is 9.47 Å². The van der Waals surface area contributed by atoms with Crippen LogP contribution in [0.2, 0.25) is 0 Å². The maximum atomic E-state index is 5.84. The SMILES string of the molecule is CC(C)(CNC(C)(C)C)COCC1CCCCO1. The molecule has 0 aliphatic carbocycles. The van der Waals surface area contributed by atoms with E-state index in [1.807, 2.05) is 0 Å². The molecule has 0 radical (unpaired) electrons. The lowest BCUT2D eigenvalue weighted by molar-refractivity contribution is -0.0550. The van der Waals surface area contributed by atoms with Gasteiger partial charge >= 0.3 is 0 Å². The van der Waals surface area contributed by atoms with Gasteiger partial charge in [-0.25, -0.2) is 0 Å². The molecule has 0 aromatic rings. The third-order valence-corrected chi connectivity index (χ3v) is 3.17. The summed E-state index contributed by atoms with van der Waals surface area (Å²) < 4.78 is 11.5. The third kappa shape index (κ3) is 7.34. The van der Waals surface area contributed by atoms with Crippen molar-refractivity contribution in [1.29, 1.82) is 0 Å². The first-order valence-electron chi connectivity index (χ1n) is 7.23. The Morgan fingerprint density at radius 2 is 1.89 bits per heavy atom. The largest absolute Gasteiger partial charge is 0.378 e. The van der Waals surface area contributed by atoms with E-state index in [-0.39, 0.29) is 11.0 Å². The van der Waals surface area contributed by atoms with Crippen LogP contribution in [-0.4, -0.2) is 38.0 Å².